The second-order valence-corrected chi connectivity index (χ2v) is 17.1. The molecular formula is C38H49N5O9S. The molecule has 286 valence electrons. The van der Waals surface area contributed by atoms with Gasteiger partial charge in [0.25, 0.3) is 5.91 Å². The van der Waals surface area contributed by atoms with Crippen LogP contribution in [0.4, 0.5) is 9.59 Å². The number of hydrogen-bond acceptors (Lipinski definition) is 9. The lowest BCUT2D eigenvalue weighted by Crippen LogP contribution is -2.58. The van der Waals surface area contributed by atoms with E-state index in [0.29, 0.717) is 51.6 Å². The molecule has 3 fully saturated rings. The van der Waals surface area contributed by atoms with Crippen LogP contribution in [0, 0.1) is 5.92 Å². The van der Waals surface area contributed by atoms with Crippen LogP contribution < -0.4 is 15.4 Å². The van der Waals surface area contributed by atoms with Gasteiger partial charge in [0.15, 0.2) is 0 Å². The van der Waals surface area contributed by atoms with E-state index in [0.717, 1.165) is 48.8 Å². The number of rotatable bonds is 3. The van der Waals surface area contributed by atoms with Crippen molar-refractivity contribution in [2.45, 2.75) is 126 Å². The second-order valence-electron chi connectivity index (χ2n) is 15.2. The number of alkyl carbamates (subject to hydrolysis) is 1. The first-order valence-corrected chi connectivity index (χ1v) is 20.6. The molecule has 7 rings (SSSR count). The van der Waals surface area contributed by atoms with Crippen LogP contribution in [0.5, 0.6) is 0 Å². The van der Waals surface area contributed by atoms with Gasteiger partial charge in [-0.25, -0.2) is 18.0 Å². The number of benzene rings is 1. The van der Waals surface area contributed by atoms with Crippen molar-refractivity contribution in [2.24, 2.45) is 5.92 Å². The van der Waals surface area contributed by atoms with Crippen LogP contribution in [0.25, 0.3) is 6.08 Å². The van der Waals surface area contributed by atoms with E-state index in [1.165, 1.54) is 4.90 Å². The lowest BCUT2D eigenvalue weighted by Gasteiger charge is -2.29. The van der Waals surface area contributed by atoms with E-state index in [2.05, 4.69) is 27.5 Å². The van der Waals surface area contributed by atoms with Crippen molar-refractivity contribution in [1.29, 1.82) is 0 Å². The van der Waals surface area contributed by atoms with Crippen molar-refractivity contribution in [3.63, 3.8) is 0 Å². The van der Waals surface area contributed by atoms with Gasteiger partial charge in [0.1, 0.15) is 23.7 Å². The molecule has 4 aliphatic heterocycles. The smallest absolute Gasteiger partial charge is 0.410 e. The average Bonchev–Trinajstić information content (AvgIpc) is 4.01. The van der Waals surface area contributed by atoms with Gasteiger partial charge in [0.2, 0.25) is 21.8 Å². The van der Waals surface area contributed by atoms with Crippen molar-refractivity contribution in [3.05, 3.63) is 53.1 Å². The van der Waals surface area contributed by atoms with E-state index in [-0.39, 0.29) is 26.0 Å². The second kappa shape index (κ2) is 15.5. The zero-order chi connectivity index (χ0) is 37.2. The minimum absolute atomic E-state index is 0.0478. The van der Waals surface area contributed by atoms with E-state index >= 15 is 0 Å². The zero-order valence-corrected chi connectivity index (χ0v) is 30.7. The van der Waals surface area contributed by atoms with Gasteiger partial charge >= 0.3 is 12.2 Å². The van der Waals surface area contributed by atoms with Crippen LogP contribution in [0.1, 0.15) is 100 Å². The van der Waals surface area contributed by atoms with Gasteiger partial charge in [-0.05, 0) is 80.9 Å². The highest BCUT2D eigenvalue weighted by Gasteiger charge is 2.62. The Bertz CT molecular complexity index is 1790. The molecule has 2 aliphatic carbocycles. The Labute approximate surface area is 310 Å². The average molecular weight is 752 g/mol. The largest absolute Gasteiger partial charge is 0.450 e. The van der Waals surface area contributed by atoms with Gasteiger partial charge < -0.3 is 25.0 Å². The Morgan fingerprint density at radius 2 is 1.74 bits per heavy atom. The third-order valence-corrected chi connectivity index (χ3v) is 13.0. The van der Waals surface area contributed by atoms with Crippen molar-refractivity contribution < 1.29 is 41.9 Å². The quantitative estimate of drug-likeness (QED) is 0.388. The zero-order valence-electron chi connectivity index (χ0n) is 29.9. The van der Waals surface area contributed by atoms with E-state index in [9.17, 15) is 32.4 Å². The van der Waals surface area contributed by atoms with Crippen molar-refractivity contribution in [3.8, 4) is 0 Å². The van der Waals surface area contributed by atoms with Gasteiger partial charge in [-0.1, -0.05) is 55.3 Å². The fraction of sp³-hybridized carbons (Fsp3) is 0.605. The number of sulfonamides is 1. The number of carbonyl (C=O) groups is 5. The number of nitrogens with one attached hydrogen (secondary N) is 3. The van der Waals surface area contributed by atoms with Crippen LogP contribution in [0.3, 0.4) is 0 Å². The first kappa shape index (κ1) is 36.9. The maximum absolute atomic E-state index is 14.4. The Kier molecular flexibility index (Phi) is 10.8. The summed E-state index contributed by atoms with van der Waals surface area (Å²) in [6, 6.07) is 3.80. The number of fused-ring (bicyclic) bond motifs is 4. The van der Waals surface area contributed by atoms with Crippen LogP contribution >= 0.6 is 0 Å². The molecular weight excluding hydrogens is 703 g/mol. The SMILES string of the molecule is O=C1N[C@H]2CCCCC/C=C\[C@H]3C[C@@]3(C(=O)NS(=O)(=O)C3CC3)NC(=O)[C@@H]3C[C@H](CN3C2=O)OC(=O)N2Cc3cccc(c3C2)/C=C/CCCCCO1. The van der Waals surface area contributed by atoms with Crippen LogP contribution in [-0.4, -0.2) is 90.3 Å². The van der Waals surface area contributed by atoms with Crippen molar-refractivity contribution in [2.75, 3.05) is 13.2 Å². The molecule has 5 atom stereocenters. The normalized spacial score (nSPS) is 31.3. The number of ether oxygens (including phenoxy) is 2. The number of nitrogens with zero attached hydrogens (tertiary/aromatic N) is 2. The minimum Gasteiger partial charge on any atom is -0.450 e. The molecule has 2 saturated carbocycles. The first-order valence-electron chi connectivity index (χ1n) is 19.1. The molecule has 5 amide bonds. The summed E-state index contributed by atoms with van der Waals surface area (Å²) in [6.07, 6.45) is 13.3. The molecule has 0 aromatic heterocycles. The molecule has 4 heterocycles. The molecule has 0 unspecified atom stereocenters. The molecule has 0 radical (unpaired) electrons. The number of amides is 5. The van der Waals surface area contributed by atoms with Crippen LogP contribution in [0.15, 0.2) is 36.4 Å². The topological polar surface area (TPSA) is 181 Å². The highest BCUT2D eigenvalue weighted by molar-refractivity contribution is 7.91. The third kappa shape index (κ3) is 8.39. The Morgan fingerprint density at radius 1 is 0.943 bits per heavy atom. The summed E-state index contributed by atoms with van der Waals surface area (Å²) in [7, 11) is -3.89. The van der Waals surface area contributed by atoms with Gasteiger partial charge in [-0.3, -0.25) is 24.0 Å². The molecule has 14 nitrogen and oxygen atoms in total. The predicted molar refractivity (Wildman–Crippen MR) is 193 cm³/mol. The molecule has 5 bridgehead atoms. The molecule has 6 aliphatic rings. The fourth-order valence-electron chi connectivity index (χ4n) is 7.90. The summed E-state index contributed by atoms with van der Waals surface area (Å²) in [4.78, 5) is 71.8. The molecule has 0 spiro atoms. The number of allylic oxidation sites excluding steroid dienone is 2. The van der Waals surface area contributed by atoms with E-state index < -0.39 is 74.8 Å². The van der Waals surface area contributed by atoms with E-state index in [1.807, 2.05) is 30.4 Å². The number of hydrogen-bond donors (Lipinski definition) is 3. The van der Waals surface area contributed by atoms with Crippen LogP contribution in [0.2, 0.25) is 0 Å². The predicted octanol–water partition coefficient (Wildman–Crippen LogP) is 3.79. The molecule has 1 aromatic rings. The highest BCUT2D eigenvalue weighted by atomic mass is 32.2. The number of cyclic esters (lactones) is 1. The fourth-order valence-corrected chi connectivity index (χ4v) is 9.26. The Hall–Kier alpha value is -4.40. The Balaban J connectivity index is 1.16. The summed E-state index contributed by atoms with van der Waals surface area (Å²) in [5, 5.41) is 4.94. The molecule has 53 heavy (non-hydrogen) atoms. The summed E-state index contributed by atoms with van der Waals surface area (Å²) >= 11 is 0. The monoisotopic (exact) mass is 751 g/mol. The van der Waals surface area contributed by atoms with Gasteiger partial charge in [0, 0.05) is 18.9 Å². The molecule has 1 saturated heterocycles. The number of carbonyl (C=O) groups excluding carboxylic acids is 5. The third-order valence-electron chi connectivity index (χ3n) is 11.2. The molecule has 15 heteroatoms. The van der Waals surface area contributed by atoms with Crippen LogP contribution in [-0.2, 0) is 47.0 Å². The summed E-state index contributed by atoms with van der Waals surface area (Å²) in [6.45, 7) is 0.803. The van der Waals surface area contributed by atoms with Crippen molar-refractivity contribution in [1.82, 2.24) is 25.2 Å². The van der Waals surface area contributed by atoms with Gasteiger partial charge in [-0.2, -0.15) is 0 Å². The highest BCUT2D eigenvalue weighted by Crippen LogP contribution is 2.46. The van der Waals surface area contributed by atoms with E-state index in [1.54, 1.807) is 4.90 Å². The van der Waals surface area contributed by atoms with Gasteiger partial charge in [-0.15, -0.1) is 0 Å². The van der Waals surface area contributed by atoms with Gasteiger partial charge in [0.05, 0.1) is 24.9 Å². The van der Waals surface area contributed by atoms with Crippen molar-refractivity contribution >= 4 is 46.0 Å². The van der Waals surface area contributed by atoms with E-state index in [4.69, 9.17) is 9.47 Å². The lowest BCUT2D eigenvalue weighted by molar-refractivity contribution is -0.141. The lowest BCUT2D eigenvalue weighted by atomic mass is 10.0. The molecule has 1 aromatic carbocycles. The summed E-state index contributed by atoms with van der Waals surface area (Å²) in [5.41, 5.74) is 1.58. The summed E-state index contributed by atoms with van der Waals surface area (Å²) < 4.78 is 39.2. The maximum Gasteiger partial charge on any atom is 0.410 e. The summed E-state index contributed by atoms with van der Waals surface area (Å²) in [5.74, 6) is -2.43. The standard InChI is InChI=1S/C38H49N5O9S/c44-33-32-20-28-23-43(32)34(45)31(16-9-5-1-4-8-15-27-21-38(27,40-33)35(46)41-53(49,50)29-17-18-29)39-36(47)51-19-10-6-2-3-7-12-25-13-11-14-26-22-42(24-30(25)26)37(48)52-28/h7-8,11-15,27-29,31-32H,1-6,9-10,16-24H2,(H,39,47)(H,40,44)(H,41,46)/b12-7+,15-8-/t27-,28+,31-,32-,38+/m0/s1. The first-order chi connectivity index (χ1) is 25.5. The Morgan fingerprint density at radius 3 is 2.55 bits per heavy atom. The maximum atomic E-state index is 14.4. The molecule has 3 N–H and O–H groups in total. The minimum atomic E-state index is -3.89.